The zero-order valence-corrected chi connectivity index (χ0v) is 17.2. The average Bonchev–Trinajstić information content (AvgIpc) is 2.53. The summed E-state index contributed by atoms with van der Waals surface area (Å²) in [5.41, 5.74) is 6.93. The van der Waals surface area contributed by atoms with Gasteiger partial charge in [0, 0.05) is 39.1 Å². The van der Waals surface area contributed by atoms with Gasteiger partial charge in [0.15, 0.2) is 0 Å². The average molecular weight is 339 g/mol. The minimum atomic E-state index is 0.147. The molecule has 2 rings (SSSR count). The van der Waals surface area contributed by atoms with Crippen LogP contribution in [0.5, 0.6) is 0 Å². The highest BCUT2D eigenvalue weighted by atomic mass is 15.1. The molecule has 0 amide bonds. The van der Waals surface area contributed by atoms with Gasteiger partial charge in [0.1, 0.15) is 0 Å². The van der Waals surface area contributed by atoms with Gasteiger partial charge in [0.2, 0.25) is 0 Å². The molecule has 0 spiro atoms. The van der Waals surface area contributed by atoms with Gasteiger partial charge in [-0.2, -0.15) is 0 Å². The number of anilines is 2. The smallest absolute Gasteiger partial charge is 0.0427 e. The van der Waals surface area contributed by atoms with E-state index in [0.29, 0.717) is 5.92 Å². The van der Waals surface area contributed by atoms with Gasteiger partial charge in [-0.3, -0.25) is 0 Å². The Bertz CT molecular complexity index is 708. The van der Waals surface area contributed by atoms with Crippen LogP contribution in [0.3, 0.4) is 0 Å². The van der Waals surface area contributed by atoms with Crippen molar-refractivity contribution in [2.75, 3.05) is 30.9 Å². The minimum Gasteiger partial charge on any atom is -0.377 e. The summed E-state index contributed by atoms with van der Waals surface area (Å²) < 4.78 is 0. The third-order valence-electron chi connectivity index (χ3n) is 4.74. The molecule has 2 nitrogen and oxygen atoms in total. The fourth-order valence-electron chi connectivity index (χ4n) is 3.36. The third-order valence-corrected chi connectivity index (χ3v) is 4.74. The Morgan fingerprint density at radius 2 is 1.52 bits per heavy atom. The molecule has 0 aliphatic heterocycles. The highest BCUT2D eigenvalue weighted by molar-refractivity contribution is 5.59. The molecule has 2 heteroatoms. The summed E-state index contributed by atoms with van der Waals surface area (Å²) in [5, 5.41) is 0. The van der Waals surface area contributed by atoms with Crippen LogP contribution in [0.15, 0.2) is 42.5 Å². The van der Waals surface area contributed by atoms with Gasteiger partial charge in [-0.05, 0) is 40.2 Å². The van der Waals surface area contributed by atoms with E-state index in [1.807, 2.05) is 0 Å². The van der Waals surface area contributed by atoms with Gasteiger partial charge in [0.25, 0.3) is 0 Å². The quantitative estimate of drug-likeness (QED) is 0.679. The zero-order chi connectivity index (χ0) is 18.8. The summed E-state index contributed by atoms with van der Waals surface area (Å²) >= 11 is 0. The monoisotopic (exact) mass is 338 g/mol. The van der Waals surface area contributed by atoms with E-state index in [1.54, 1.807) is 0 Å². The number of para-hydroxylation sites is 1. The summed E-state index contributed by atoms with van der Waals surface area (Å²) in [7, 11) is 6.45. The Balaban J connectivity index is 2.33. The van der Waals surface area contributed by atoms with Crippen LogP contribution < -0.4 is 9.80 Å². The lowest BCUT2D eigenvalue weighted by atomic mass is 9.85. The normalized spacial score (nSPS) is 11.7. The molecule has 0 aliphatic rings. The Labute approximate surface area is 154 Å². The van der Waals surface area contributed by atoms with Crippen LogP contribution in [-0.2, 0) is 12.0 Å². The largest absolute Gasteiger partial charge is 0.377 e. The second kappa shape index (κ2) is 7.51. The first kappa shape index (κ1) is 19.4. The maximum absolute atomic E-state index is 2.36. The number of benzene rings is 2. The van der Waals surface area contributed by atoms with E-state index in [2.05, 4.69) is 108 Å². The van der Waals surface area contributed by atoms with Crippen molar-refractivity contribution in [2.45, 2.75) is 52.5 Å². The van der Waals surface area contributed by atoms with Crippen LogP contribution in [-0.4, -0.2) is 21.1 Å². The molecule has 0 saturated carbocycles. The molecule has 0 saturated heterocycles. The van der Waals surface area contributed by atoms with Gasteiger partial charge in [-0.25, -0.2) is 0 Å². The van der Waals surface area contributed by atoms with E-state index in [1.165, 1.54) is 28.1 Å². The molecule has 0 radical (unpaired) electrons. The summed E-state index contributed by atoms with van der Waals surface area (Å²) in [4.78, 5) is 4.59. The van der Waals surface area contributed by atoms with E-state index >= 15 is 0 Å². The Hall–Kier alpha value is -1.96. The first-order valence-electron chi connectivity index (χ1n) is 9.22. The van der Waals surface area contributed by atoms with Gasteiger partial charge >= 0.3 is 0 Å². The number of rotatable bonds is 5. The second-order valence-corrected chi connectivity index (χ2v) is 8.57. The van der Waals surface area contributed by atoms with E-state index in [9.17, 15) is 0 Å². The second-order valence-electron chi connectivity index (χ2n) is 8.57. The fraction of sp³-hybridized carbons (Fsp3) is 0.478. The van der Waals surface area contributed by atoms with Crippen molar-refractivity contribution in [3.05, 3.63) is 59.2 Å². The van der Waals surface area contributed by atoms with E-state index < -0.39 is 0 Å². The summed E-state index contributed by atoms with van der Waals surface area (Å²) in [6, 6.07) is 15.7. The van der Waals surface area contributed by atoms with Crippen molar-refractivity contribution < 1.29 is 0 Å². The van der Waals surface area contributed by atoms with Crippen LogP contribution in [0.25, 0.3) is 0 Å². The summed E-state index contributed by atoms with van der Waals surface area (Å²) in [6.45, 7) is 12.3. The predicted molar refractivity (Wildman–Crippen MR) is 112 cm³/mol. The summed E-state index contributed by atoms with van der Waals surface area (Å²) in [5.74, 6) is 0.527. The molecule has 0 aliphatic carbocycles. The highest BCUT2D eigenvalue weighted by Gasteiger charge is 2.19. The van der Waals surface area contributed by atoms with Crippen LogP contribution in [0.2, 0.25) is 0 Å². The standard InChI is InChI=1S/C23H34N2/c1-17(2)19-11-9-10-12-21(19)25(8)16-18-13-14-20(23(3,4)5)22(15-18)24(6)7/h9-15,17H,16H2,1-8H3. The molecule has 0 fully saturated rings. The predicted octanol–water partition coefficient (Wildman–Crippen LogP) is 5.81. The zero-order valence-electron chi connectivity index (χ0n) is 17.2. The molecular formula is C23H34N2. The topological polar surface area (TPSA) is 6.48 Å². The molecule has 2 aromatic rings. The summed E-state index contributed by atoms with van der Waals surface area (Å²) in [6.07, 6.45) is 0. The van der Waals surface area contributed by atoms with E-state index in [4.69, 9.17) is 0 Å². The SMILES string of the molecule is CC(C)c1ccccc1N(C)Cc1ccc(C(C)(C)C)c(N(C)C)c1. The molecule has 0 heterocycles. The van der Waals surface area contributed by atoms with Gasteiger partial charge in [-0.1, -0.05) is 65.0 Å². The lowest BCUT2D eigenvalue weighted by molar-refractivity contribution is 0.589. The first-order chi connectivity index (χ1) is 11.6. The lowest BCUT2D eigenvalue weighted by Gasteiger charge is -2.29. The van der Waals surface area contributed by atoms with Crippen LogP contribution in [0, 0.1) is 0 Å². The number of hydrogen-bond donors (Lipinski definition) is 0. The van der Waals surface area contributed by atoms with E-state index in [0.717, 1.165) is 6.54 Å². The molecule has 0 aromatic heterocycles. The van der Waals surface area contributed by atoms with E-state index in [-0.39, 0.29) is 5.41 Å². The van der Waals surface area contributed by atoms with Crippen molar-refractivity contribution in [1.82, 2.24) is 0 Å². The van der Waals surface area contributed by atoms with Gasteiger partial charge < -0.3 is 9.80 Å². The minimum absolute atomic E-state index is 0.147. The Morgan fingerprint density at radius 1 is 0.880 bits per heavy atom. The molecule has 0 unspecified atom stereocenters. The molecule has 0 N–H and O–H groups in total. The lowest BCUT2D eigenvalue weighted by Crippen LogP contribution is -2.21. The Kier molecular flexibility index (Phi) is 5.82. The maximum atomic E-state index is 2.36. The van der Waals surface area contributed by atoms with Crippen molar-refractivity contribution >= 4 is 11.4 Å². The number of nitrogens with zero attached hydrogens (tertiary/aromatic N) is 2. The molecule has 2 aromatic carbocycles. The Morgan fingerprint density at radius 3 is 2.08 bits per heavy atom. The first-order valence-corrected chi connectivity index (χ1v) is 9.22. The van der Waals surface area contributed by atoms with Crippen LogP contribution >= 0.6 is 0 Å². The third kappa shape index (κ3) is 4.56. The van der Waals surface area contributed by atoms with Crippen LogP contribution in [0.4, 0.5) is 11.4 Å². The highest BCUT2D eigenvalue weighted by Crippen LogP contribution is 2.33. The van der Waals surface area contributed by atoms with Crippen molar-refractivity contribution in [3.8, 4) is 0 Å². The van der Waals surface area contributed by atoms with Crippen LogP contribution in [0.1, 0.15) is 57.2 Å². The number of hydrogen-bond acceptors (Lipinski definition) is 2. The molecule has 136 valence electrons. The van der Waals surface area contributed by atoms with Crippen molar-refractivity contribution in [3.63, 3.8) is 0 Å². The maximum Gasteiger partial charge on any atom is 0.0427 e. The fourth-order valence-corrected chi connectivity index (χ4v) is 3.36. The van der Waals surface area contributed by atoms with Crippen molar-refractivity contribution in [2.24, 2.45) is 0 Å². The van der Waals surface area contributed by atoms with Gasteiger partial charge in [-0.15, -0.1) is 0 Å². The molecule has 0 bridgehead atoms. The van der Waals surface area contributed by atoms with Gasteiger partial charge in [0.05, 0.1) is 0 Å². The van der Waals surface area contributed by atoms with Crippen molar-refractivity contribution in [1.29, 1.82) is 0 Å². The molecule has 0 atom stereocenters. The molecule has 25 heavy (non-hydrogen) atoms. The molecular weight excluding hydrogens is 304 g/mol.